The molecule has 7 heteroatoms. The molecule has 0 aliphatic heterocycles. The second-order valence-corrected chi connectivity index (χ2v) is 5.42. The van der Waals surface area contributed by atoms with Gasteiger partial charge in [-0.3, -0.25) is 0 Å². The van der Waals surface area contributed by atoms with Crippen molar-refractivity contribution in [1.29, 1.82) is 0 Å². The largest absolute Gasteiger partial charge is 0.491 e. The number of nitrogens with zero attached hydrogens (tertiary/aromatic N) is 2. The van der Waals surface area contributed by atoms with Gasteiger partial charge in [0.15, 0.2) is 5.96 Å². The van der Waals surface area contributed by atoms with E-state index in [1.165, 1.54) is 0 Å². The molecule has 0 aliphatic carbocycles. The van der Waals surface area contributed by atoms with Crippen molar-refractivity contribution in [3.8, 4) is 5.75 Å². The average molecular weight is 418 g/mol. The van der Waals surface area contributed by atoms with E-state index in [2.05, 4.69) is 15.3 Å². The third kappa shape index (κ3) is 6.30. The fourth-order valence-corrected chi connectivity index (χ4v) is 2.10. The Balaban J connectivity index is 0.00000220. The van der Waals surface area contributed by atoms with Gasteiger partial charge in [0, 0.05) is 17.3 Å². The fraction of sp³-hybridized carbons (Fsp3) is 0.286. The minimum absolute atomic E-state index is 0. The van der Waals surface area contributed by atoms with E-state index in [-0.39, 0.29) is 30.1 Å². The maximum absolute atomic E-state index is 5.83. The fourth-order valence-electron chi connectivity index (χ4n) is 1.56. The number of rotatable bonds is 5. The van der Waals surface area contributed by atoms with Gasteiger partial charge < -0.3 is 15.8 Å². The quantitative estimate of drug-likeness (QED) is 0.443. The number of thiazole rings is 1. The lowest BCUT2D eigenvalue weighted by Gasteiger charge is -2.10. The number of anilines is 1. The van der Waals surface area contributed by atoms with E-state index < -0.39 is 0 Å². The lowest BCUT2D eigenvalue weighted by atomic mass is 10.3. The van der Waals surface area contributed by atoms with Crippen LogP contribution in [0.2, 0.25) is 0 Å². The molecular formula is C14H19IN4OS. The molecule has 0 bridgehead atoms. The van der Waals surface area contributed by atoms with Crippen LogP contribution in [-0.2, 0) is 6.54 Å². The lowest BCUT2D eigenvalue weighted by Crippen LogP contribution is -2.22. The van der Waals surface area contributed by atoms with Crippen molar-refractivity contribution in [2.24, 2.45) is 10.7 Å². The van der Waals surface area contributed by atoms with E-state index >= 15 is 0 Å². The number of nitrogens with one attached hydrogen (secondary N) is 1. The molecule has 1 heterocycles. The zero-order valence-electron chi connectivity index (χ0n) is 11.9. The summed E-state index contributed by atoms with van der Waals surface area (Å²) in [6.45, 7) is 4.48. The number of aromatic nitrogens is 1. The summed E-state index contributed by atoms with van der Waals surface area (Å²) in [5.41, 5.74) is 6.70. The molecule has 0 radical (unpaired) electrons. The summed E-state index contributed by atoms with van der Waals surface area (Å²) in [4.78, 5) is 8.38. The zero-order valence-corrected chi connectivity index (χ0v) is 15.1. The zero-order chi connectivity index (χ0) is 14.4. The van der Waals surface area contributed by atoms with Gasteiger partial charge in [0.05, 0.1) is 12.6 Å². The highest BCUT2D eigenvalue weighted by Gasteiger charge is 1.99. The first-order chi connectivity index (χ1) is 9.63. The minimum Gasteiger partial charge on any atom is -0.491 e. The van der Waals surface area contributed by atoms with Crippen LogP contribution in [0.1, 0.15) is 18.9 Å². The highest BCUT2D eigenvalue weighted by Crippen LogP contribution is 2.16. The minimum atomic E-state index is 0. The molecule has 3 N–H and O–H groups in total. The molecule has 2 rings (SSSR count). The molecule has 21 heavy (non-hydrogen) atoms. The summed E-state index contributed by atoms with van der Waals surface area (Å²) >= 11 is 1.56. The van der Waals surface area contributed by atoms with Gasteiger partial charge in [0.25, 0.3) is 0 Å². The number of guanidine groups is 1. The number of ether oxygens (including phenoxy) is 1. The maximum atomic E-state index is 5.83. The molecule has 0 amide bonds. The Kier molecular flexibility index (Phi) is 7.44. The first-order valence-electron chi connectivity index (χ1n) is 6.35. The van der Waals surface area contributed by atoms with Crippen LogP contribution in [0.5, 0.6) is 5.75 Å². The van der Waals surface area contributed by atoms with Crippen LogP contribution in [0.3, 0.4) is 0 Å². The lowest BCUT2D eigenvalue weighted by molar-refractivity contribution is 0.242. The van der Waals surface area contributed by atoms with Crippen molar-refractivity contribution in [3.63, 3.8) is 0 Å². The Morgan fingerprint density at radius 3 is 2.67 bits per heavy atom. The smallest absolute Gasteiger partial charge is 0.193 e. The standard InChI is InChI=1S/C14H18N4OS.HI/c1-10(2)19-12-5-3-11(4-6-12)18-14(15)17-9-13-16-7-8-20-13;/h3-8,10H,9H2,1-2H3,(H3,15,17,18);1H. The first-order valence-corrected chi connectivity index (χ1v) is 7.23. The number of benzene rings is 1. The molecule has 0 atom stereocenters. The Hall–Kier alpha value is -1.35. The van der Waals surface area contributed by atoms with Crippen molar-refractivity contribution < 1.29 is 4.74 Å². The molecule has 0 fully saturated rings. The number of nitrogens with two attached hydrogens (primary N) is 1. The van der Waals surface area contributed by atoms with Crippen LogP contribution < -0.4 is 15.8 Å². The van der Waals surface area contributed by atoms with E-state index in [4.69, 9.17) is 10.5 Å². The Morgan fingerprint density at radius 2 is 2.10 bits per heavy atom. The molecular weight excluding hydrogens is 399 g/mol. The third-order valence-corrected chi connectivity index (χ3v) is 3.13. The summed E-state index contributed by atoms with van der Waals surface area (Å²) in [6.07, 6.45) is 1.92. The van der Waals surface area contributed by atoms with Crippen LogP contribution in [-0.4, -0.2) is 17.0 Å². The van der Waals surface area contributed by atoms with Gasteiger partial charge in [-0.25, -0.2) is 9.98 Å². The first kappa shape index (κ1) is 17.7. The predicted octanol–water partition coefficient (Wildman–Crippen LogP) is 3.48. The topological polar surface area (TPSA) is 72.5 Å². The van der Waals surface area contributed by atoms with Gasteiger partial charge >= 0.3 is 0 Å². The van der Waals surface area contributed by atoms with Crippen LogP contribution in [0, 0.1) is 0 Å². The van der Waals surface area contributed by atoms with Gasteiger partial charge in [-0.2, -0.15) is 0 Å². The molecule has 0 unspecified atom stereocenters. The van der Waals surface area contributed by atoms with E-state index in [0.717, 1.165) is 16.4 Å². The highest BCUT2D eigenvalue weighted by atomic mass is 127. The van der Waals surface area contributed by atoms with Crippen LogP contribution in [0.15, 0.2) is 40.8 Å². The number of halogens is 1. The normalized spacial score (nSPS) is 11.1. The second kappa shape index (κ2) is 8.83. The van der Waals surface area contributed by atoms with Gasteiger partial charge in [-0.1, -0.05) is 0 Å². The summed E-state index contributed by atoms with van der Waals surface area (Å²) in [6, 6.07) is 7.61. The SMILES string of the molecule is CC(C)Oc1ccc(NC(N)=NCc2nccs2)cc1.I. The summed E-state index contributed by atoms with van der Waals surface area (Å²) in [7, 11) is 0. The average Bonchev–Trinajstić information content (AvgIpc) is 2.91. The molecule has 1 aromatic carbocycles. The number of hydrogen-bond donors (Lipinski definition) is 2. The van der Waals surface area contributed by atoms with Crippen molar-refractivity contribution in [3.05, 3.63) is 40.8 Å². The van der Waals surface area contributed by atoms with E-state index in [0.29, 0.717) is 12.5 Å². The molecule has 0 aliphatic rings. The van der Waals surface area contributed by atoms with Crippen molar-refractivity contribution in [2.45, 2.75) is 26.5 Å². The summed E-state index contributed by atoms with van der Waals surface area (Å²) < 4.78 is 5.57. The van der Waals surface area contributed by atoms with Gasteiger partial charge in [0.2, 0.25) is 0 Å². The van der Waals surface area contributed by atoms with Gasteiger partial charge in [-0.05, 0) is 38.1 Å². The van der Waals surface area contributed by atoms with Crippen molar-refractivity contribution in [2.75, 3.05) is 5.32 Å². The van der Waals surface area contributed by atoms with Crippen LogP contribution in [0.4, 0.5) is 5.69 Å². The Labute approximate surface area is 145 Å². The predicted molar refractivity (Wildman–Crippen MR) is 98.7 cm³/mol. The number of hydrogen-bond acceptors (Lipinski definition) is 4. The van der Waals surface area contributed by atoms with Crippen LogP contribution >= 0.6 is 35.3 Å². The molecule has 1 aromatic heterocycles. The van der Waals surface area contributed by atoms with Crippen LogP contribution in [0.25, 0.3) is 0 Å². The summed E-state index contributed by atoms with van der Waals surface area (Å²) in [5, 5.41) is 5.89. The van der Waals surface area contributed by atoms with Gasteiger partial charge in [0.1, 0.15) is 10.8 Å². The molecule has 2 aromatic rings. The summed E-state index contributed by atoms with van der Waals surface area (Å²) in [5.74, 6) is 1.21. The molecule has 0 saturated carbocycles. The Morgan fingerprint density at radius 1 is 1.38 bits per heavy atom. The molecule has 0 spiro atoms. The highest BCUT2D eigenvalue weighted by molar-refractivity contribution is 14.0. The molecule has 5 nitrogen and oxygen atoms in total. The van der Waals surface area contributed by atoms with E-state index in [9.17, 15) is 0 Å². The van der Waals surface area contributed by atoms with Crippen molar-refractivity contribution in [1.82, 2.24) is 4.98 Å². The molecule has 114 valence electrons. The maximum Gasteiger partial charge on any atom is 0.193 e. The van der Waals surface area contributed by atoms with Crippen molar-refractivity contribution >= 4 is 47.0 Å². The van der Waals surface area contributed by atoms with Gasteiger partial charge in [-0.15, -0.1) is 35.3 Å². The number of aliphatic imine (C=N–C) groups is 1. The monoisotopic (exact) mass is 418 g/mol. The van der Waals surface area contributed by atoms with E-state index in [1.807, 2.05) is 43.5 Å². The Bertz CT molecular complexity index is 555. The third-order valence-electron chi connectivity index (χ3n) is 2.37. The molecule has 0 saturated heterocycles. The second-order valence-electron chi connectivity index (χ2n) is 4.44. The van der Waals surface area contributed by atoms with E-state index in [1.54, 1.807) is 17.5 Å².